The maximum absolute atomic E-state index is 12.5. The smallest absolute Gasteiger partial charge is 0.229 e. The molecule has 1 atom stereocenters. The van der Waals surface area contributed by atoms with Crippen molar-refractivity contribution in [2.24, 2.45) is 5.92 Å². The van der Waals surface area contributed by atoms with Gasteiger partial charge in [-0.3, -0.25) is 14.4 Å². The zero-order valence-electron chi connectivity index (χ0n) is 15.0. The Morgan fingerprint density at radius 1 is 1.15 bits per heavy atom. The van der Waals surface area contributed by atoms with Crippen molar-refractivity contribution < 1.29 is 14.4 Å². The second-order valence-electron chi connectivity index (χ2n) is 6.79. The van der Waals surface area contributed by atoms with E-state index in [2.05, 4.69) is 5.32 Å². The minimum absolute atomic E-state index is 0.0109. The molecule has 1 N–H and O–H groups in total. The van der Waals surface area contributed by atoms with E-state index in [0.29, 0.717) is 24.3 Å². The highest BCUT2D eigenvalue weighted by molar-refractivity contribution is 5.99. The van der Waals surface area contributed by atoms with Crippen molar-refractivity contribution in [2.75, 3.05) is 11.9 Å². The molecule has 1 aliphatic rings. The van der Waals surface area contributed by atoms with E-state index in [1.165, 1.54) is 12.5 Å². The molecule has 0 bridgehead atoms. The SMILES string of the molecule is CC(=O)c1cccc(NC(=O)[C@H]2CC(=O)N(Cc3ccc(C)cc3)C2)c1. The van der Waals surface area contributed by atoms with Crippen molar-refractivity contribution in [2.45, 2.75) is 26.8 Å². The van der Waals surface area contributed by atoms with Gasteiger partial charge in [0, 0.05) is 30.8 Å². The molecule has 1 saturated heterocycles. The first kappa shape index (κ1) is 17.9. The lowest BCUT2D eigenvalue weighted by Crippen LogP contribution is -2.28. The molecule has 26 heavy (non-hydrogen) atoms. The minimum atomic E-state index is -0.381. The van der Waals surface area contributed by atoms with Crippen LogP contribution in [0.2, 0.25) is 0 Å². The van der Waals surface area contributed by atoms with E-state index in [0.717, 1.165) is 5.56 Å². The molecule has 2 aromatic rings. The van der Waals surface area contributed by atoms with Crippen molar-refractivity contribution >= 4 is 23.3 Å². The first-order valence-electron chi connectivity index (χ1n) is 8.67. The second kappa shape index (κ2) is 7.52. The van der Waals surface area contributed by atoms with E-state index < -0.39 is 0 Å². The van der Waals surface area contributed by atoms with Gasteiger partial charge in [-0.1, -0.05) is 42.0 Å². The Morgan fingerprint density at radius 3 is 2.58 bits per heavy atom. The summed E-state index contributed by atoms with van der Waals surface area (Å²) in [5.41, 5.74) is 3.35. The molecule has 1 heterocycles. The van der Waals surface area contributed by atoms with E-state index in [4.69, 9.17) is 0 Å². The van der Waals surface area contributed by atoms with Gasteiger partial charge in [-0.25, -0.2) is 0 Å². The first-order valence-corrected chi connectivity index (χ1v) is 8.67. The number of hydrogen-bond donors (Lipinski definition) is 1. The van der Waals surface area contributed by atoms with Gasteiger partial charge in [0.2, 0.25) is 11.8 Å². The normalized spacial score (nSPS) is 16.6. The molecule has 0 radical (unpaired) electrons. The molecule has 2 amide bonds. The third-order valence-corrected chi connectivity index (χ3v) is 4.62. The molecule has 5 nitrogen and oxygen atoms in total. The molecule has 1 aliphatic heterocycles. The number of benzene rings is 2. The van der Waals surface area contributed by atoms with E-state index in [9.17, 15) is 14.4 Å². The van der Waals surface area contributed by atoms with E-state index in [1.807, 2.05) is 31.2 Å². The summed E-state index contributed by atoms with van der Waals surface area (Å²) in [6.07, 6.45) is 0.212. The quantitative estimate of drug-likeness (QED) is 0.842. The first-order chi connectivity index (χ1) is 12.4. The monoisotopic (exact) mass is 350 g/mol. The van der Waals surface area contributed by atoms with Crippen molar-refractivity contribution in [3.63, 3.8) is 0 Å². The van der Waals surface area contributed by atoms with Gasteiger partial charge in [0.25, 0.3) is 0 Å². The lowest BCUT2D eigenvalue weighted by atomic mass is 10.1. The standard InChI is InChI=1S/C21H22N2O3/c1-14-6-8-16(9-7-14)12-23-13-18(11-20(23)25)21(26)22-19-5-3-4-17(10-19)15(2)24/h3-10,18H,11-13H2,1-2H3,(H,22,26)/t18-/m0/s1. The molecule has 0 aliphatic carbocycles. The third-order valence-electron chi connectivity index (χ3n) is 4.62. The summed E-state index contributed by atoms with van der Waals surface area (Å²) < 4.78 is 0. The molecule has 1 fully saturated rings. The number of Topliss-reactive ketones (excluding diaryl/α,β-unsaturated/α-hetero) is 1. The molecule has 0 unspecified atom stereocenters. The van der Waals surface area contributed by atoms with Crippen LogP contribution in [0.15, 0.2) is 48.5 Å². The zero-order valence-corrected chi connectivity index (χ0v) is 15.0. The van der Waals surface area contributed by atoms with Crippen LogP contribution in [-0.2, 0) is 16.1 Å². The van der Waals surface area contributed by atoms with Crippen LogP contribution in [0.1, 0.15) is 34.8 Å². The van der Waals surface area contributed by atoms with Gasteiger partial charge in [-0.05, 0) is 31.5 Å². The summed E-state index contributed by atoms with van der Waals surface area (Å²) in [6, 6.07) is 14.9. The molecule has 2 aromatic carbocycles. The number of rotatable bonds is 5. The Balaban J connectivity index is 1.62. The maximum atomic E-state index is 12.5. The summed E-state index contributed by atoms with van der Waals surface area (Å²) in [5.74, 6) is -0.635. The van der Waals surface area contributed by atoms with E-state index >= 15 is 0 Å². The second-order valence-corrected chi connectivity index (χ2v) is 6.79. The molecule has 0 spiro atoms. The average molecular weight is 350 g/mol. The number of aryl methyl sites for hydroxylation is 1. The van der Waals surface area contributed by atoms with Crippen LogP contribution in [0.3, 0.4) is 0 Å². The van der Waals surface area contributed by atoms with Crippen LogP contribution in [-0.4, -0.2) is 29.0 Å². The highest BCUT2D eigenvalue weighted by atomic mass is 16.2. The number of nitrogens with zero attached hydrogens (tertiary/aromatic N) is 1. The molecule has 0 aromatic heterocycles. The number of carbonyl (C=O) groups is 3. The maximum Gasteiger partial charge on any atom is 0.229 e. The number of anilines is 1. The molecule has 3 rings (SSSR count). The summed E-state index contributed by atoms with van der Waals surface area (Å²) >= 11 is 0. The van der Waals surface area contributed by atoms with Crippen LogP contribution >= 0.6 is 0 Å². The summed E-state index contributed by atoms with van der Waals surface area (Å²) in [4.78, 5) is 37.9. The fraction of sp³-hybridized carbons (Fsp3) is 0.286. The third kappa shape index (κ3) is 4.17. The Hall–Kier alpha value is -2.95. The van der Waals surface area contributed by atoms with Crippen LogP contribution in [0, 0.1) is 12.8 Å². The van der Waals surface area contributed by atoms with Crippen LogP contribution in [0.4, 0.5) is 5.69 Å². The number of ketones is 1. The van der Waals surface area contributed by atoms with Crippen LogP contribution < -0.4 is 5.32 Å². The summed E-state index contributed by atoms with van der Waals surface area (Å²) in [6.45, 7) is 4.43. The average Bonchev–Trinajstić information content (AvgIpc) is 2.98. The number of carbonyl (C=O) groups excluding carboxylic acids is 3. The Morgan fingerprint density at radius 2 is 1.88 bits per heavy atom. The van der Waals surface area contributed by atoms with Crippen molar-refractivity contribution in [1.29, 1.82) is 0 Å². The number of nitrogens with one attached hydrogen (secondary N) is 1. The predicted octanol–water partition coefficient (Wildman–Crippen LogP) is 3.18. The Bertz CT molecular complexity index is 843. The minimum Gasteiger partial charge on any atom is -0.338 e. The van der Waals surface area contributed by atoms with Gasteiger partial charge in [0.15, 0.2) is 5.78 Å². The van der Waals surface area contributed by atoms with Gasteiger partial charge in [0.05, 0.1) is 5.92 Å². The topological polar surface area (TPSA) is 66.5 Å². The predicted molar refractivity (Wildman–Crippen MR) is 99.8 cm³/mol. The van der Waals surface area contributed by atoms with Crippen molar-refractivity contribution in [3.05, 3.63) is 65.2 Å². The van der Waals surface area contributed by atoms with Gasteiger partial charge in [0.1, 0.15) is 0 Å². The largest absolute Gasteiger partial charge is 0.338 e. The fourth-order valence-corrected chi connectivity index (χ4v) is 3.07. The van der Waals surface area contributed by atoms with Gasteiger partial charge >= 0.3 is 0 Å². The fourth-order valence-electron chi connectivity index (χ4n) is 3.07. The molecular formula is C21H22N2O3. The highest BCUT2D eigenvalue weighted by Gasteiger charge is 2.34. The lowest BCUT2D eigenvalue weighted by molar-refractivity contribution is -0.128. The Kier molecular flexibility index (Phi) is 5.16. The van der Waals surface area contributed by atoms with Gasteiger partial charge < -0.3 is 10.2 Å². The van der Waals surface area contributed by atoms with Crippen LogP contribution in [0.5, 0.6) is 0 Å². The van der Waals surface area contributed by atoms with Crippen molar-refractivity contribution in [3.8, 4) is 0 Å². The molecular weight excluding hydrogens is 328 g/mol. The number of likely N-dealkylation sites (tertiary alicyclic amines) is 1. The van der Waals surface area contributed by atoms with E-state index in [1.54, 1.807) is 29.2 Å². The lowest BCUT2D eigenvalue weighted by Gasteiger charge is -2.17. The van der Waals surface area contributed by atoms with Crippen molar-refractivity contribution in [1.82, 2.24) is 4.90 Å². The van der Waals surface area contributed by atoms with Crippen LogP contribution in [0.25, 0.3) is 0 Å². The Labute approximate surface area is 153 Å². The molecule has 5 heteroatoms. The number of amides is 2. The highest BCUT2D eigenvalue weighted by Crippen LogP contribution is 2.22. The summed E-state index contributed by atoms with van der Waals surface area (Å²) in [5, 5.41) is 2.82. The molecule has 134 valence electrons. The summed E-state index contributed by atoms with van der Waals surface area (Å²) in [7, 11) is 0. The molecule has 0 saturated carbocycles. The zero-order chi connectivity index (χ0) is 18.7. The number of hydrogen-bond acceptors (Lipinski definition) is 3. The van der Waals surface area contributed by atoms with E-state index in [-0.39, 0.29) is 29.9 Å². The van der Waals surface area contributed by atoms with Gasteiger partial charge in [-0.15, -0.1) is 0 Å². The van der Waals surface area contributed by atoms with Gasteiger partial charge in [-0.2, -0.15) is 0 Å².